The Morgan fingerprint density at radius 3 is 2.42 bits per heavy atom. The highest BCUT2D eigenvalue weighted by Crippen LogP contribution is 2.31. The van der Waals surface area contributed by atoms with Crippen molar-refractivity contribution in [3.8, 4) is 11.5 Å². The molecular weight excluding hydrogens is 374 g/mol. The number of thiocarbonyl (C=S) groups is 1. The van der Waals surface area contributed by atoms with Crippen molar-refractivity contribution in [3.05, 3.63) is 54.1 Å². The molecule has 26 heavy (non-hydrogen) atoms. The smallest absolute Gasteiger partial charge is 0.339 e. The van der Waals surface area contributed by atoms with Gasteiger partial charge in [0.1, 0.15) is 9.88 Å². The number of nitrogens with zero attached hydrogens (tertiary/aromatic N) is 1. The van der Waals surface area contributed by atoms with Gasteiger partial charge in [-0.15, -0.1) is 0 Å². The molecule has 3 rings (SSSR count). The van der Waals surface area contributed by atoms with Gasteiger partial charge in [-0.25, -0.2) is 0 Å². The van der Waals surface area contributed by atoms with E-state index >= 15 is 0 Å². The minimum absolute atomic E-state index is 0.0787. The van der Waals surface area contributed by atoms with Crippen molar-refractivity contribution in [3.63, 3.8) is 0 Å². The molecule has 8 heteroatoms. The molecule has 0 radical (unpaired) electrons. The summed E-state index contributed by atoms with van der Waals surface area (Å²) < 4.78 is 40.7. The van der Waals surface area contributed by atoms with Crippen LogP contribution in [-0.4, -0.2) is 51.7 Å². The van der Waals surface area contributed by atoms with Gasteiger partial charge in [-0.05, 0) is 30.3 Å². The highest BCUT2D eigenvalue weighted by atomic mass is 32.2. The molecule has 0 spiro atoms. The van der Waals surface area contributed by atoms with E-state index < -0.39 is 10.1 Å². The lowest BCUT2D eigenvalue weighted by molar-refractivity contribution is 0.0693. The predicted octanol–water partition coefficient (Wildman–Crippen LogP) is 2.47. The Morgan fingerprint density at radius 1 is 1.08 bits per heavy atom. The zero-order valence-corrected chi connectivity index (χ0v) is 15.9. The van der Waals surface area contributed by atoms with Gasteiger partial charge in [0.15, 0.2) is 11.5 Å². The van der Waals surface area contributed by atoms with E-state index in [0.29, 0.717) is 24.0 Å². The fourth-order valence-corrected chi connectivity index (χ4v) is 3.84. The van der Waals surface area contributed by atoms with Crippen molar-refractivity contribution in [1.29, 1.82) is 0 Å². The minimum atomic E-state index is -3.94. The van der Waals surface area contributed by atoms with E-state index in [1.807, 2.05) is 0 Å². The van der Waals surface area contributed by atoms with Crippen molar-refractivity contribution >= 4 is 27.3 Å². The van der Waals surface area contributed by atoms with Crippen LogP contribution in [0.1, 0.15) is 5.56 Å². The number of hydrogen-bond donors (Lipinski definition) is 0. The molecule has 2 aromatic rings. The van der Waals surface area contributed by atoms with Crippen molar-refractivity contribution in [2.24, 2.45) is 0 Å². The summed E-state index contributed by atoms with van der Waals surface area (Å²) >= 11 is 5.53. The van der Waals surface area contributed by atoms with Gasteiger partial charge >= 0.3 is 10.1 Å². The number of hydrogen-bond acceptors (Lipinski definition) is 6. The lowest BCUT2D eigenvalue weighted by Gasteiger charge is -2.29. The zero-order valence-electron chi connectivity index (χ0n) is 14.3. The SMILES string of the molecule is COc1cc(C(=S)N2CCOCC2)ccc1OS(=O)(=O)c1ccccc1. The molecule has 0 bridgehead atoms. The van der Waals surface area contributed by atoms with Gasteiger partial charge in [0, 0.05) is 18.7 Å². The Morgan fingerprint density at radius 2 is 1.77 bits per heavy atom. The van der Waals surface area contributed by atoms with E-state index in [2.05, 4.69) is 4.90 Å². The van der Waals surface area contributed by atoms with Crippen molar-refractivity contribution in [2.45, 2.75) is 4.90 Å². The maximum Gasteiger partial charge on any atom is 0.339 e. The molecule has 1 aliphatic rings. The van der Waals surface area contributed by atoms with Crippen LogP contribution < -0.4 is 8.92 Å². The predicted molar refractivity (Wildman–Crippen MR) is 101 cm³/mol. The number of benzene rings is 2. The third-order valence-electron chi connectivity index (χ3n) is 3.94. The third kappa shape index (κ3) is 4.14. The zero-order chi connectivity index (χ0) is 18.6. The van der Waals surface area contributed by atoms with E-state index in [1.165, 1.54) is 19.2 Å². The molecule has 1 aliphatic heterocycles. The van der Waals surface area contributed by atoms with Crippen LogP contribution in [0.15, 0.2) is 53.4 Å². The van der Waals surface area contributed by atoms with Gasteiger partial charge in [-0.1, -0.05) is 30.4 Å². The second-order valence-electron chi connectivity index (χ2n) is 5.62. The second-order valence-corrected chi connectivity index (χ2v) is 7.55. The normalized spacial score (nSPS) is 14.7. The maximum atomic E-state index is 12.4. The molecule has 0 atom stereocenters. The molecular formula is C18H19NO5S2. The first-order valence-electron chi connectivity index (χ1n) is 8.06. The van der Waals surface area contributed by atoms with E-state index in [-0.39, 0.29) is 10.6 Å². The van der Waals surface area contributed by atoms with Crippen molar-refractivity contribution in [2.75, 3.05) is 33.4 Å². The van der Waals surface area contributed by atoms with Gasteiger partial charge < -0.3 is 18.6 Å². The van der Waals surface area contributed by atoms with Crippen LogP contribution in [0.3, 0.4) is 0 Å². The van der Waals surface area contributed by atoms with Gasteiger partial charge in [0.25, 0.3) is 0 Å². The molecule has 0 aliphatic carbocycles. The summed E-state index contributed by atoms with van der Waals surface area (Å²) in [5.74, 6) is 0.419. The molecule has 1 heterocycles. The molecule has 0 amide bonds. The van der Waals surface area contributed by atoms with Gasteiger partial charge in [-0.3, -0.25) is 0 Å². The highest BCUT2D eigenvalue weighted by Gasteiger charge is 2.21. The largest absolute Gasteiger partial charge is 0.493 e. The van der Waals surface area contributed by atoms with Crippen LogP contribution in [0.2, 0.25) is 0 Å². The van der Waals surface area contributed by atoms with Crippen molar-refractivity contribution in [1.82, 2.24) is 4.90 Å². The molecule has 2 aromatic carbocycles. The number of methoxy groups -OCH3 is 1. The molecule has 0 unspecified atom stereocenters. The van der Waals surface area contributed by atoms with Gasteiger partial charge in [0.2, 0.25) is 0 Å². The molecule has 138 valence electrons. The summed E-state index contributed by atoms with van der Waals surface area (Å²) in [6, 6.07) is 12.9. The standard InChI is InChI=1S/C18H19NO5S2/c1-22-17-13-14(18(25)19-9-11-23-12-10-19)7-8-16(17)24-26(20,21)15-5-3-2-4-6-15/h2-8,13H,9-12H2,1H3. The molecule has 1 fully saturated rings. The molecule has 1 saturated heterocycles. The monoisotopic (exact) mass is 393 g/mol. The summed E-state index contributed by atoms with van der Waals surface area (Å²) in [6.45, 7) is 2.71. The Hall–Kier alpha value is -2.16. The lowest BCUT2D eigenvalue weighted by Crippen LogP contribution is -2.40. The highest BCUT2D eigenvalue weighted by molar-refractivity contribution is 7.87. The molecule has 6 nitrogen and oxygen atoms in total. The second kappa shape index (κ2) is 8.03. The molecule has 0 aromatic heterocycles. The van der Waals surface area contributed by atoms with Crippen LogP contribution in [0.25, 0.3) is 0 Å². The first kappa shape index (κ1) is 18.6. The van der Waals surface area contributed by atoms with Crippen LogP contribution >= 0.6 is 12.2 Å². The summed E-state index contributed by atoms with van der Waals surface area (Å²) in [7, 11) is -2.48. The first-order valence-corrected chi connectivity index (χ1v) is 9.87. The van der Waals surface area contributed by atoms with E-state index in [1.54, 1.807) is 36.4 Å². The quantitative estimate of drug-likeness (QED) is 0.571. The Kier molecular flexibility index (Phi) is 5.75. The van der Waals surface area contributed by atoms with Gasteiger partial charge in [0.05, 0.1) is 20.3 Å². The minimum Gasteiger partial charge on any atom is -0.493 e. The van der Waals surface area contributed by atoms with Crippen LogP contribution in [-0.2, 0) is 14.9 Å². The molecule has 0 N–H and O–H groups in total. The van der Waals surface area contributed by atoms with Crippen LogP contribution in [0.5, 0.6) is 11.5 Å². The number of morpholine rings is 1. The maximum absolute atomic E-state index is 12.4. The fraction of sp³-hybridized carbons (Fsp3) is 0.278. The summed E-state index contributed by atoms with van der Waals surface area (Å²) in [6.07, 6.45) is 0. The Bertz CT molecular complexity index is 878. The number of rotatable bonds is 5. The Balaban J connectivity index is 1.84. The van der Waals surface area contributed by atoms with E-state index in [9.17, 15) is 8.42 Å². The van der Waals surface area contributed by atoms with Crippen LogP contribution in [0, 0.1) is 0 Å². The number of ether oxygens (including phenoxy) is 2. The Labute approximate surface area is 158 Å². The topological polar surface area (TPSA) is 65.1 Å². The van der Waals surface area contributed by atoms with Crippen LogP contribution in [0.4, 0.5) is 0 Å². The van der Waals surface area contributed by atoms with E-state index in [4.69, 9.17) is 25.9 Å². The molecule has 0 saturated carbocycles. The summed E-state index contributed by atoms with van der Waals surface area (Å²) in [5, 5.41) is 0. The summed E-state index contributed by atoms with van der Waals surface area (Å²) in [5.41, 5.74) is 0.767. The lowest BCUT2D eigenvalue weighted by atomic mass is 10.2. The van der Waals surface area contributed by atoms with Crippen molar-refractivity contribution < 1.29 is 22.1 Å². The van der Waals surface area contributed by atoms with Gasteiger partial charge in [-0.2, -0.15) is 8.42 Å². The fourth-order valence-electron chi connectivity index (χ4n) is 2.57. The van der Waals surface area contributed by atoms with E-state index in [0.717, 1.165) is 18.7 Å². The first-order chi connectivity index (χ1) is 12.5. The average Bonchev–Trinajstić information content (AvgIpc) is 2.69. The third-order valence-corrected chi connectivity index (χ3v) is 5.68. The average molecular weight is 393 g/mol. The summed E-state index contributed by atoms with van der Waals surface area (Å²) in [4.78, 5) is 2.80.